The van der Waals surface area contributed by atoms with Crippen LogP contribution in [0.3, 0.4) is 0 Å². The first-order valence-electron chi connectivity index (χ1n) is 6.90. The zero-order valence-electron chi connectivity index (χ0n) is 12.1. The van der Waals surface area contributed by atoms with Crippen molar-refractivity contribution in [3.05, 3.63) is 23.3 Å². The van der Waals surface area contributed by atoms with Crippen molar-refractivity contribution in [1.82, 2.24) is 0 Å². The maximum atomic E-state index is 11.5. The molecule has 7 heteroatoms. The molecule has 21 heavy (non-hydrogen) atoms. The molecule has 0 fully saturated rings. The Hall–Kier alpha value is -1.60. The average molecular weight is 312 g/mol. The summed E-state index contributed by atoms with van der Waals surface area (Å²) < 4.78 is 32.5. The van der Waals surface area contributed by atoms with Gasteiger partial charge >= 0.3 is 0 Å². The van der Waals surface area contributed by atoms with Gasteiger partial charge in [-0.15, -0.1) is 0 Å². The van der Waals surface area contributed by atoms with E-state index in [2.05, 4.69) is 19.2 Å². The molecule has 1 aromatic rings. The van der Waals surface area contributed by atoms with Gasteiger partial charge in [0.2, 0.25) is 5.91 Å². The standard InChI is InChI=1S/C14H20N2O4S/c1-3-14(4-2)7-10-5-9(13(15)17)6-11(21(18,19)20)12(10)16-8-14/h5-6,16H,3-4,7-8H2,1-2H3,(H2,15,17)(H,18,19,20). The molecule has 0 saturated heterocycles. The number of fused-ring (bicyclic) bond motifs is 1. The van der Waals surface area contributed by atoms with E-state index in [1.807, 2.05) is 0 Å². The lowest BCUT2D eigenvalue weighted by molar-refractivity contribution is 0.1000. The average Bonchev–Trinajstić information content (AvgIpc) is 2.44. The zero-order chi connectivity index (χ0) is 15.8. The Labute approximate surface area is 124 Å². The van der Waals surface area contributed by atoms with Crippen molar-refractivity contribution in [2.75, 3.05) is 11.9 Å². The summed E-state index contributed by atoms with van der Waals surface area (Å²) in [5.74, 6) is -0.716. The predicted octanol–water partition coefficient (Wildman–Crippen LogP) is 1.81. The molecule has 116 valence electrons. The van der Waals surface area contributed by atoms with Gasteiger partial charge in [-0.1, -0.05) is 13.8 Å². The van der Waals surface area contributed by atoms with Crippen molar-refractivity contribution in [1.29, 1.82) is 0 Å². The molecule has 0 aliphatic carbocycles. The van der Waals surface area contributed by atoms with E-state index >= 15 is 0 Å². The molecule has 1 aromatic carbocycles. The monoisotopic (exact) mass is 312 g/mol. The van der Waals surface area contributed by atoms with Crippen LogP contribution in [0.15, 0.2) is 17.0 Å². The van der Waals surface area contributed by atoms with Crippen LogP contribution < -0.4 is 11.1 Å². The van der Waals surface area contributed by atoms with E-state index in [1.54, 1.807) is 6.07 Å². The third kappa shape index (κ3) is 2.89. The minimum atomic E-state index is -4.42. The molecule has 1 amide bonds. The molecule has 0 unspecified atom stereocenters. The Morgan fingerprint density at radius 2 is 2.00 bits per heavy atom. The summed E-state index contributed by atoms with van der Waals surface area (Å²) in [6, 6.07) is 2.73. The molecule has 1 aliphatic heterocycles. The molecule has 0 spiro atoms. The fraction of sp³-hybridized carbons (Fsp3) is 0.500. The first kappa shape index (κ1) is 15.8. The summed E-state index contributed by atoms with van der Waals surface area (Å²) in [6.45, 7) is 4.79. The Morgan fingerprint density at radius 3 is 2.48 bits per heavy atom. The van der Waals surface area contributed by atoms with Crippen molar-refractivity contribution < 1.29 is 17.8 Å². The zero-order valence-corrected chi connectivity index (χ0v) is 13.0. The van der Waals surface area contributed by atoms with E-state index in [9.17, 15) is 17.8 Å². The van der Waals surface area contributed by atoms with Gasteiger partial charge in [-0.2, -0.15) is 8.42 Å². The van der Waals surface area contributed by atoms with Gasteiger partial charge in [-0.05, 0) is 42.4 Å². The number of amides is 1. The minimum absolute atomic E-state index is 0.0136. The molecule has 4 N–H and O–H groups in total. The fourth-order valence-electron chi connectivity index (χ4n) is 2.85. The number of hydrogen-bond donors (Lipinski definition) is 3. The van der Waals surface area contributed by atoms with Crippen LogP contribution >= 0.6 is 0 Å². The number of carbonyl (C=O) groups is 1. The van der Waals surface area contributed by atoms with E-state index < -0.39 is 16.0 Å². The van der Waals surface area contributed by atoms with Crippen LogP contribution in [0.2, 0.25) is 0 Å². The number of primary amides is 1. The van der Waals surface area contributed by atoms with Crippen molar-refractivity contribution in [3.8, 4) is 0 Å². The molecular weight excluding hydrogens is 292 g/mol. The lowest BCUT2D eigenvalue weighted by Crippen LogP contribution is -2.36. The van der Waals surface area contributed by atoms with Gasteiger partial charge in [-0.3, -0.25) is 9.35 Å². The summed E-state index contributed by atoms with van der Waals surface area (Å²) in [7, 11) is -4.42. The molecule has 2 rings (SSSR count). The highest BCUT2D eigenvalue weighted by molar-refractivity contribution is 7.86. The maximum Gasteiger partial charge on any atom is 0.296 e. The van der Waals surface area contributed by atoms with Gasteiger partial charge in [0.05, 0.1) is 5.69 Å². The van der Waals surface area contributed by atoms with Crippen LogP contribution in [0.4, 0.5) is 5.69 Å². The molecule has 0 atom stereocenters. The second kappa shape index (κ2) is 5.31. The van der Waals surface area contributed by atoms with Crippen LogP contribution in [0, 0.1) is 5.41 Å². The van der Waals surface area contributed by atoms with Crippen molar-refractivity contribution in [2.45, 2.75) is 38.0 Å². The Morgan fingerprint density at radius 1 is 1.38 bits per heavy atom. The molecule has 1 aliphatic rings. The molecule has 0 bridgehead atoms. The van der Waals surface area contributed by atoms with E-state index in [1.165, 1.54) is 0 Å². The van der Waals surface area contributed by atoms with Crippen molar-refractivity contribution in [3.63, 3.8) is 0 Å². The first-order chi connectivity index (χ1) is 9.72. The highest BCUT2D eigenvalue weighted by Crippen LogP contribution is 2.40. The van der Waals surface area contributed by atoms with E-state index in [-0.39, 0.29) is 15.9 Å². The summed E-state index contributed by atoms with van der Waals surface area (Å²) in [5.41, 5.74) is 6.44. The van der Waals surface area contributed by atoms with Crippen molar-refractivity contribution >= 4 is 21.7 Å². The van der Waals surface area contributed by atoms with Gasteiger partial charge in [0.1, 0.15) is 4.90 Å². The largest absolute Gasteiger partial charge is 0.383 e. The van der Waals surface area contributed by atoms with Gasteiger partial charge in [0, 0.05) is 12.1 Å². The number of nitrogens with two attached hydrogens (primary N) is 1. The maximum absolute atomic E-state index is 11.5. The summed E-state index contributed by atoms with van der Waals surface area (Å²) in [4.78, 5) is 11.1. The number of rotatable bonds is 4. The summed E-state index contributed by atoms with van der Waals surface area (Å²) in [5, 5.41) is 3.11. The molecule has 0 radical (unpaired) electrons. The number of anilines is 1. The van der Waals surface area contributed by atoms with Crippen LogP contribution in [0.5, 0.6) is 0 Å². The van der Waals surface area contributed by atoms with E-state index in [4.69, 9.17) is 5.73 Å². The summed E-state index contributed by atoms with van der Waals surface area (Å²) in [6.07, 6.45) is 2.50. The third-order valence-corrected chi connectivity index (χ3v) is 5.33. The van der Waals surface area contributed by atoms with Crippen molar-refractivity contribution in [2.24, 2.45) is 11.1 Å². The highest BCUT2D eigenvalue weighted by Gasteiger charge is 2.34. The molecule has 0 saturated carbocycles. The summed E-state index contributed by atoms with van der Waals surface area (Å²) >= 11 is 0. The molecule has 1 heterocycles. The van der Waals surface area contributed by atoms with Gasteiger partial charge in [-0.25, -0.2) is 0 Å². The van der Waals surface area contributed by atoms with Gasteiger partial charge < -0.3 is 11.1 Å². The Kier molecular flexibility index (Phi) is 3.99. The lowest BCUT2D eigenvalue weighted by Gasteiger charge is -2.38. The van der Waals surface area contributed by atoms with E-state index in [0.717, 1.165) is 18.9 Å². The number of hydrogen-bond acceptors (Lipinski definition) is 4. The second-order valence-corrected chi connectivity index (χ2v) is 6.98. The minimum Gasteiger partial charge on any atom is -0.383 e. The van der Waals surface area contributed by atoms with Gasteiger partial charge in [0.25, 0.3) is 10.1 Å². The quantitative estimate of drug-likeness (QED) is 0.734. The molecular formula is C14H20N2O4S. The number of carbonyl (C=O) groups excluding carboxylic acids is 1. The number of nitrogens with one attached hydrogen (secondary N) is 1. The molecule has 6 nitrogen and oxygen atoms in total. The van der Waals surface area contributed by atoms with Crippen LogP contribution in [0.25, 0.3) is 0 Å². The smallest absolute Gasteiger partial charge is 0.296 e. The third-order valence-electron chi connectivity index (χ3n) is 4.45. The SMILES string of the molecule is CCC1(CC)CNc2c(cc(C(N)=O)cc2S(=O)(=O)O)C1. The van der Waals surface area contributed by atoms with Crippen LogP contribution in [-0.2, 0) is 16.5 Å². The Balaban J connectivity index is 2.64. The highest BCUT2D eigenvalue weighted by atomic mass is 32.2. The van der Waals surface area contributed by atoms with E-state index in [0.29, 0.717) is 24.2 Å². The normalized spacial score (nSPS) is 16.9. The Bertz CT molecular complexity index is 678. The second-order valence-electron chi connectivity index (χ2n) is 5.59. The van der Waals surface area contributed by atoms with Crippen LogP contribution in [-0.4, -0.2) is 25.4 Å². The number of benzene rings is 1. The molecule has 0 aromatic heterocycles. The predicted molar refractivity (Wildman–Crippen MR) is 80.0 cm³/mol. The topological polar surface area (TPSA) is 109 Å². The van der Waals surface area contributed by atoms with Crippen LogP contribution in [0.1, 0.15) is 42.6 Å². The fourth-order valence-corrected chi connectivity index (χ4v) is 3.59. The first-order valence-corrected chi connectivity index (χ1v) is 8.34. The van der Waals surface area contributed by atoms with Gasteiger partial charge in [0.15, 0.2) is 0 Å². The lowest BCUT2D eigenvalue weighted by atomic mass is 9.74.